The first kappa shape index (κ1) is 15.7. The Bertz CT molecular complexity index is 426. The molecule has 0 saturated heterocycles. The van der Waals surface area contributed by atoms with Crippen LogP contribution in [0.2, 0.25) is 0 Å². The summed E-state index contributed by atoms with van der Waals surface area (Å²) in [5.41, 5.74) is 4.56. The maximum absolute atomic E-state index is 11.3. The van der Waals surface area contributed by atoms with Crippen LogP contribution in [0, 0.1) is 26.7 Å². The number of rotatable bonds is 6. The minimum Gasteiger partial charge on any atom is -0.479 e. The number of aryl methyl sites for hydroxylation is 3. The Hall–Kier alpha value is -1.35. The van der Waals surface area contributed by atoms with Crippen LogP contribution >= 0.6 is 0 Å². The molecule has 0 radical (unpaired) electrons. The lowest BCUT2D eigenvalue weighted by molar-refractivity contribution is -0.150. The second-order valence-electron chi connectivity index (χ2n) is 5.64. The SMILES string of the molecule is Cc1cc(C)c(C[C@H](OCC(C)C)C(=O)O)c(C)c1. The first-order valence-electron chi connectivity index (χ1n) is 6.72. The summed E-state index contributed by atoms with van der Waals surface area (Å²) in [4.78, 5) is 11.3. The number of ether oxygens (including phenoxy) is 1. The zero-order valence-corrected chi connectivity index (χ0v) is 12.5. The largest absolute Gasteiger partial charge is 0.479 e. The van der Waals surface area contributed by atoms with Gasteiger partial charge in [-0.15, -0.1) is 0 Å². The summed E-state index contributed by atoms with van der Waals surface area (Å²) in [7, 11) is 0. The van der Waals surface area contributed by atoms with E-state index in [1.165, 1.54) is 5.56 Å². The number of carbonyl (C=O) groups is 1. The van der Waals surface area contributed by atoms with Gasteiger partial charge in [-0.05, 0) is 43.4 Å². The fourth-order valence-corrected chi connectivity index (χ4v) is 2.24. The van der Waals surface area contributed by atoms with E-state index in [4.69, 9.17) is 4.74 Å². The third-order valence-corrected chi connectivity index (χ3v) is 3.14. The molecule has 0 amide bonds. The first-order valence-corrected chi connectivity index (χ1v) is 6.72. The monoisotopic (exact) mass is 264 g/mol. The summed E-state index contributed by atoms with van der Waals surface area (Å²) in [6.45, 7) is 10.6. The number of hydrogen-bond acceptors (Lipinski definition) is 2. The van der Waals surface area contributed by atoms with Crippen LogP contribution in [-0.4, -0.2) is 23.8 Å². The van der Waals surface area contributed by atoms with Crippen molar-refractivity contribution in [2.75, 3.05) is 6.61 Å². The van der Waals surface area contributed by atoms with Gasteiger partial charge in [-0.3, -0.25) is 0 Å². The second-order valence-corrected chi connectivity index (χ2v) is 5.64. The molecule has 0 aromatic heterocycles. The fraction of sp³-hybridized carbons (Fsp3) is 0.562. The lowest BCUT2D eigenvalue weighted by Crippen LogP contribution is -2.28. The molecule has 0 aliphatic rings. The van der Waals surface area contributed by atoms with Gasteiger partial charge in [0.25, 0.3) is 0 Å². The molecule has 0 spiro atoms. The summed E-state index contributed by atoms with van der Waals surface area (Å²) in [5, 5.41) is 9.26. The molecule has 0 aliphatic heterocycles. The van der Waals surface area contributed by atoms with E-state index < -0.39 is 12.1 Å². The summed E-state index contributed by atoms with van der Waals surface area (Å²) in [5.74, 6) is -0.554. The van der Waals surface area contributed by atoms with E-state index in [1.54, 1.807) is 0 Å². The maximum Gasteiger partial charge on any atom is 0.333 e. The summed E-state index contributed by atoms with van der Waals surface area (Å²) < 4.78 is 5.51. The molecule has 3 heteroatoms. The smallest absolute Gasteiger partial charge is 0.333 e. The van der Waals surface area contributed by atoms with Gasteiger partial charge >= 0.3 is 5.97 Å². The molecule has 106 valence electrons. The first-order chi connectivity index (χ1) is 8.81. The van der Waals surface area contributed by atoms with Crippen LogP contribution in [0.15, 0.2) is 12.1 Å². The van der Waals surface area contributed by atoms with E-state index in [0.717, 1.165) is 16.7 Å². The van der Waals surface area contributed by atoms with Crippen molar-refractivity contribution in [2.45, 2.75) is 47.1 Å². The molecule has 3 nitrogen and oxygen atoms in total. The van der Waals surface area contributed by atoms with Gasteiger partial charge in [0.1, 0.15) is 0 Å². The quantitative estimate of drug-likeness (QED) is 0.857. The molecule has 1 aromatic rings. The van der Waals surface area contributed by atoms with E-state index >= 15 is 0 Å². The predicted molar refractivity (Wildman–Crippen MR) is 76.6 cm³/mol. The van der Waals surface area contributed by atoms with Crippen molar-refractivity contribution in [3.8, 4) is 0 Å². The zero-order chi connectivity index (χ0) is 14.6. The standard InChI is InChI=1S/C16H24O3/c1-10(2)9-19-15(16(17)18)8-14-12(4)6-11(3)7-13(14)5/h6-7,10,15H,8-9H2,1-5H3,(H,17,18)/t15-/m0/s1. The third-order valence-electron chi connectivity index (χ3n) is 3.14. The molecule has 1 N–H and O–H groups in total. The molecular weight excluding hydrogens is 240 g/mol. The lowest BCUT2D eigenvalue weighted by atomic mass is 9.95. The molecule has 0 heterocycles. The Kier molecular flexibility index (Phi) is 5.55. The van der Waals surface area contributed by atoms with Crippen molar-refractivity contribution in [3.05, 3.63) is 34.4 Å². The Labute approximate surface area is 115 Å². The van der Waals surface area contributed by atoms with Gasteiger partial charge in [0, 0.05) is 6.42 Å². The molecule has 0 aliphatic carbocycles. The lowest BCUT2D eigenvalue weighted by Gasteiger charge is -2.18. The van der Waals surface area contributed by atoms with Gasteiger partial charge in [-0.1, -0.05) is 31.5 Å². The van der Waals surface area contributed by atoms with Gasteiger partial charge < -0.3 is 9.84 Å². The Morgan fingerprint density at radius 1 is 1.21 bits per heavy atom. The molecule has 0 fully saturated rings. The summed E-state index contributed by atoms with van der Waals surface area (Å²) >= 11 is 0. The summed E-state index contributed by atoms with van der Waals surface area (Å²) in [6.07, 6.45) is -0.331. The number of aliphatic carboxylic acids is 1. The van der Waals surface area contributed by atoms with Crippen LogP contribution in [0.5, 0.6) is 0 Å². The molecule has 19 heavy (non-hydrogen) atoms. The number of carboxylic acid groups (broad SMARTS) is 1. The molecule has 0 bridgehead atoms. The number of hydrogen-bond donors (Lipinski definition) is 1. The van der Waals surface area contributed by atoms with E-state index in [0.29, 0.717) is 18.9 Å². The molecular formula is C16H24O3. The highest BCUT2D eigenvalue weighted by atomic mass is 16.5. The highest BCUT2D eigenvalue weighted by Gasteiger charge is 2.21. The van der Waals surface area contributed by atoms with Crippen LogP contribution in [0.25, 0.3) is 0 Å². The molecule has 1 rings (SSSR count). The minimum absolute atomic E-state index is 0.335. The van der Waals surface area contributed by atoms with Crippen molar-refractivity contribution < 1.29 is 14.6 Å². The van der Waals surface area contributed by atoms with Gasteiger partial charge in [-0.25, -0.2) is 4.79 Å². The summed E-state index contributed by atoms with van der Waals surface area (Å²) in [6, 6.07) is 4.17. The van der Waals surface area contributed by atoms with Crippen molar-refractivity contribution in [1.82, 2.24) is 0 Å². The second kappa shape index (κ2) is 6.71. The van der Waals surface area contributed by atoms with Crippen molar-refractivity contribution in [3.63, 3.8) is 0 Å². The Morgan fingerprint density at radius 3 is 2.16 bits per heavy atom. The maximum atomic E-state index is 11.3. The van der Waals surface area contributed by atoms with Crippen molar-refractivity contribution in [1.29, 1.82) is 0 Å². The average molecular weight is 264 g/mol. The fourth-order valence-electron chi connectivity index (χ4n) is 2.24. The highest BCUT2D eigenvalue weighted by Crippen LogP contribution is 2.19. The van der Waals surface area contributed by atoms with E-state index in [2.05, 4.69) is 12.1 Å². The number of benzene rings is 1. The topological polar surface area (TPSA) is 46.5 Å². The Balaban J connectivity index is 2.88. The Morgan fingerprint density at radius 2 is 1.74 bits per heavy atom. The van der Waals surface area contributed by atoms with Crippen LogP contribution in [0.3, 0.4) is 0 Å². The molecule has 0 unspecified atom stereocenters. The van der Waals surface area contributed by atoms with Crippen LogP contribution in [0.1, 0.15) is 36.1 Å². The van der Waals surface area contributed by atoms with E-state index in [1.807, 2.05) is 34.6 Å². The molecule has 1 atom stereocenters. The van der Waals surface area contributed by atoms with Gasteiger partial charge in [0.2, 0.25) is 0 Å². The van der Waals surface area contributed by atoms with Crippen molar-refractivity contribution >= 4 is 5.97 Å². The van der Waals surface area contributed by atoms with Crippen molar-refractivity contribution in [2.24, 2.45) is 5.92 Å². The zero-order valence-electron chi connectivity index (χ0n) is 12.5. The van der Waals surface area contributed by atoms with E-state index in [9.17, 15) is 9.90 Å². The van der Waals surface area contributed by atoms with Crippen LogP contribution < -0.4 is 0 Å². The molecule has 1 aromatic carbocycles. The minimum atomic E-state index is -0.889. The van der Waals surface area contributed by atoms with Crippen LogP contribution in [0.4, 0.5) is 0 Å². The molecule has 0 saturated carbocycles. The predicted octanol–water partition coefficient (Wildman–Crippen LogP) is 3.28. The third kappa shape index (κ3) is 4.67. The van der Waals surface area contributed by atoms with Gasteiger partial charge in [0.05, 0.1) is 6.61 Å². The van der Waals surface area contributed by atoms with Gasteiger partial charge in [-0.2, -0.15) is 0 Å². The highest BCUT2D eigenvalue weighted by molar-refractivity contribution is 5.73. The normalized spacial score (nSPS) is 12.7. The average Bonchev–Trinajstić information content (AvgIpc) is 2.25. The van der Waals surface area contributed by atoms with E-state index in [-0.39, 0.29) is 0 Å². The number of carboxylic acids is 1. The van der Waals surface area contributed by atoms with Crippen LogP contribution in [-0.2, 0) is 16.0 Å². The van der Waals surface area contributed by atoms with Gasteiger partial charge in [0.15, 0.2) is 6.10 Å².